The van der Waals surface area contributed by atoms with E-state index in [4.69, 9.17) is 9.84 Å². The van der Waals surface area contributed by atoms with E-state index in [1.165, 1.54) is 11.8 Å². The van der Waals surface area contributed by atoms with Crippen molar-refractivity contribution in [2.75, 3.05) is 12.3 Å². The van der Waals surface area contributed by atoms with Crippen molar-refractivity contribution in [3.8, 4) is 0 Å². The first-order valence-corrected chi connectivity index (χ1v) is 16.6. The number of benzene rings is 4. The smallest absolute Gasteiger partial charge is 0.408 e. The predicted octanol–water partition coefficient (Wildman–Crippen LogP) is 5.53. The van der Waals surface area contributed by atoms with Crippen LogP contribution in [0, 0.1) is 0 Å². The van der Waals surface area contributed by atoms with Crippen molar-refractivity contribution in [2.45, 2.75) is 49.6 Å². The second-order valence-electron chi connectivity index (χ2n) is 12.2. The van der Waals surface area contributed by atoms with Crippen LogP contribution in [-0.4, -0.2) is 59.0 Å². The summed E-state index contributed by atoms with van der Waals surface area (Å²) in [5.41, 5.74) is 2.85. The van der Waals surface area contributed by atoms with Crippen molar-refractivity contribution in [3.05, 3.63) is 144 Å². The van der Waals surface area contributed by atoms with Crippen molar-refractivity contribution < 1.29 is 29.0 Å². The highest BCUT2D eigenvalue weighted by molar-refractivity contribution is 8.00. The van der Waals surface area contributed by atoms with Gasteiger partial charge in [0.05, 0.1) is 4.75 Å². The molecule has 0 aliphatic carbocycles. The average molecular weight is 668 g/mol. The summed E-state index contributed by atoms with van der Waals surface area (Å²) in [5, 5.41) is 17.1. The van der Waals surface area contributed by atoms with Crippen molar-refractivity contribution >= 4 is 35.6 Å². The van der Waals surface area contributed by atoms with Crippen LogP contribution < -0.4 is 16.0 Å². The zero-order chi connectivity index (χ0) is 34.6. The molecule has 4 rings (SSSR count). The third-order valence-corrected chi connectivity index (χ3v) is 8.98. The molecule has 4 aromatic rings. The fourth-order valence-corrected chi connectivity index (χ4v) is 6.79. The SMILES string of the molecule is CC(C)(C)OC(=O)NC(CSC(c1ccccc1)(c1ccccc1)c1ccccc1)C(=O)NC(Cc1ccccc1)C(=O)NCC(=O)O. The summed E-state index contributed by atoms with van der Waals surface area (Å²) >= 11 is 1.47. The van der Waals surface area contributed by atoms with E-state index in [-0.39, 0.29) is 12.2 Å². The predicted molar refractivity (Wildman–Crippen MR) is 188 cm³/mol. The molecule has 2 atom stereocenters. The molecule has 4 N–H and O–H groups in total. The molecule has 3 amide bonds. The maximum absolute atomic E-state index is 14.1. The lowest BCUT2D eigenvalue weighted by Gasteiger charge is -2.36. The maximum Gasteiger partial charge on any atom is 0.408 e. The molecule has 0 saturated carbocycles. The van der Waals surface area contributed by atoms with Crippen LogP contribution in [0.3, 0.4) is 0 Å². The fourth-order valence-electron chi connectivity index (χ4n) is 5.23. The zero-order valence-electron chi connectivity index (χ0n) is 27.2. The van der Waals surface area contributed by atoms with Crippen LogP contribution in [0.2, 0.25) is 0 Å². The molecule has 10 heteroatoms. The molecule has 0 saturated heterocycles. The van der Waals surface area contributed by atoms with Crippen LogP contribution in [0.25, 0.3) is 0 Å². The van der Waals surface area contributed by atoms with Gasteiger partial charge in [0.1, 0.15) is 24.2 Å². The quantitative estimate of drug-likeness (QED) is 0.130. The first-order valence-electron chi connectivity index (χ1n) is 15.6. The number of carboxylic acid groups (broad SMARTS) is 1. The molecule has 0 bridgehead atoms. The van der Waals surface area contributed by atoms with Gasteiger partial charge < -0.3 is 25.8 Å². The number of carboxylic acids is 1. The van der Waals surface area contributed by atoms with E-state index >= 15 is 0 Å². The molecule has 0 aromatic heterocycles. The molecule has 250 valence electrons. The van der Waals surface area contributed by atoms with Gasteiger partial charge in [-0.3, -0.25) is 14.4 Å². The molecule has 2 unspecified atom stereocenters. The highest BCUT2D eigenvalue weighted by Gasteiger charge is 2.39. The van der Waals surface area contributed by atoms with Gasteiger partial charge in [-0.05, 0) is 43.0 Å². The van der Waals surface area contributed by atoms with Crippen LogP contribution in [0.5, 0.6) is 0 Å². The monoisotopic (exact) mass is 667 g/mol. The largest absolute Gasteiger partial charge is 0.480 e. The molecule has 0 heterocycles. The van der Waals surface area contributed by atoms with Crippen molar-refractivity contribution in [1.29, 1.82) is 0 Å². The molecule has 48 heavy (non-hydrogen) atoms. The Labute approximate surface area is 285 Å². The van der Waals surface area contributed by atoms with E-state index in [1.807, 2.05) is 121 Å². The van der Waals surface area contributed by atoms with Gasteiger partial charge in [-0.15, -0.1) is 11.8 Å². The normalized spacial score (nSPS) is 12.6. The second kappa shape index (κ2) is 16.6. The number of hydrogen-bond acceptors (Lipinski definition) is 6. The lowest BCUT2D eigenvalue weighted by atomic mass is 9.84. The zero-order valence-corrected chi connectivity index (χ0v) is 28.0. The van der Waals surface area contributed by atoms with Gasteiger partial charge in [-0.25, -0.2) is 4.79 Å². The number of alkyl carbamates (subject to hydrolysis) is 1. The lowest BCUT2D eigenvalue weighted by Crippen LogP contribution is -2.56. The van der Waals surface area contributed by atoms with Gasteiger partial charge in [0.25, 0.3) is 0 Å². The van der Waals surface area contributed by atoms with E-state index in [2.05, 4.69) is 16.0 Å². The average Bonchev–Trinajstić information content (AvgIpc) is 3.07. The van der Waals surface area contributed by atoms with Gasteiger partial charge in [-0.1, -0.05) is 121 Å². The minimum atomic E-state index is -1.21. The minimum absolute atomic E-state index is 0.0819. The van der Waals surface area contributed by atoms with Gasteiger partial charge in [0.2, 0.25) is 11.8 Å². The Morgan fingerprint density at radius 2 is 1.12 bits per heavy atom. The molecule has 0 fully saturated rings. The van der Waals surface area contributed by atoms with Crippen LogP contribution >= 0.6 is 11.8 Å². The lowest BCUT2D eigenvalue weighted by molar-refractivity contribution is -0.138. The van der Waals surface area contributed by atoms with Crippen molar-refractivity contribution in [2.24, 2.45) is 0 Å². The Kier molecular flexibility index (Phi) is 12.4. The van der Waals surface area contributed by atoms with E-state index in [0.717, 1.165) is 22.3 Å². The highest BCUT2D eigenvalue weighted by Crippen LogP contribution is 2.48. The third-order valence-electron chi connectivity index (χ3n) is 7.34. The minimum Gasteiger partial charge on any atom is -0.480 e. The topological polar surface area (TPSA) is 134 Å². The summed E-state index contributed by atoms with van der Waals surface area (Å²) in [6.07, 6.45) is -0.685. The highest BCUT2D eigenvalue weighted by atomic mass is 32.2. The van der Waals surface area contributed by atoms with Crippen LogP contribution in [0.4, 0.5) is 4.79 Å². The number of amides is 3. The molecule has 0 aliphatic heterocycles. The summed E-state index contributed by atoms with van der Waals surface area (Å²) in [6, 6.07) is 36.6. The summed E-state index contributed by atoms with van der Waals surface area (Å²) in [5.74, 6) is -2.42. The Balaban J connectivity index is 1.72. The van der Waals surface area contributed by atoms with Gasteiger partial charge >= 0.3 is 12.1 Å². The molecular formula is C38H41N3O6S. The number of carbonyl (C=O) groups is 4. The molecule has 0 aliphatic rings. The van der Waals surface area contributed by atoms with E-state index in [1.54, 1.807) is 20.8 Å². The van der Waals surface area contributed by atoms with Crippen LogP contribution in [0.1, 0.15) is 43.0 Å². The third kappa shape index (κ3) is 9.95. The Morgan fingerprint density at radius 3 is 1.56 bits per heavy atom. The number of thioether (sulfide) groups is 1. The molecule has 0 spiro atoms. The Bertz CT molecular complexity index is 1550. The van der Waals surface area contributed by atoms with E-state index in [0.29, 0.717) is 0 Å². The number of hydrogen-bond donors (Lipinski definition) is 4. The van der Waals surface area contributed by atoms with E-state index in [9.17, 15) is 19.2 Å². The van der Waals surface area contributed by atoms with Gasteiger partial charge in [0, 0.05) is 12.2 Å². The Morgan fingerprint density at radius 1 is 0.667 bits per heavy atom. The Hall–Kier alpha value is -5.09. The molecule has 9 nitrogen and oxygen atoms in total. The number of aliphatic carboxylic acids is 1. The summed E-state index contributed by atoms with van der Waals surface area (Å²) in [6.45, 7) is 4.57. The van der Waals surface area contributed by atoms with Crippen molar-refractivity contribution in [1.82, 2.24) is 16.0 Å². The first kappa shape index (κ1) is 35.8. The molecule has 4 aromatic carbocycles. The number of ether oxygens (including phenoxy) is 1. The summed E-state index contributed by atoms with van der Waals surface area (Å²) in [7, 11) is 0. The van der Waals surface area contributed by atoms with Crippen LogP contribution in [-0.2, 0) is 30.3 Å². The molecule has 0 radical (unpaired) electrons. The fraction of sp³-hybridized carbons (Fsp3) is 0.263. The summed E-state index contributed by atoms with van der Waals surface area (Å²) < 4.78 is 4.74. The van der Waals surface area contributed by atoms with Gasteiger partial charge in [-0.2, -0.15) is 0 Å². The number of rotatable bonds is 14. The second-order valence-corrected chi connectivity index (χ2v) is 13.4. The molecular weight excluding hydrogens is 627 g/mol. The van der Waals surface area contributed by atoms with E-state index < -0.39 is 52.9 Å². The van der Waals surface area contributed by atoms with Crippen molar-refractivity contribution in [3.63, 3.8) is 0 Å². The summed E-state index contributed by atoms with van der Waals surface area (Å²) in [4.78, 5) is 51.7. The standard InChI is InChI=1S/C38H41N3O6S/c1-37(2,3)47-36(46)41-32(35(45)40-31(34(44)39-25-33(42)43)24-27-16-8-4-9-17-27)26-48-38(28-18-10-5-11-19-28,29-20-12-6-13-21-29)30-22-14-7-15-23-30/h4-23,31-32H,24-26H2,1-3H3,(H,39,44)(H,40,45)(H,41,46)(H,42,43). The van der Waals surface area contributed by atoms with Gasteiger partial charge in [0.15, 0.2) is 0 Å². The first-order chi connectivity index (χ1) is 23.0. The number of nitrogens with one attached hydrogen (secondary N) is 3. The maximum atomic E-state index is 14.1. The number of carbonyl (C=O) groups excluding carboxylic acids is 3. The van der Waals surface area contributed by atoms with Crippen LogP contribution in [0.15, 0.2) is 121 Å².